The molecule has 2 unspecified atom stereocenters. The number of methoxy groups -OCH3 is 1. The molecular formula is C10H21NOS. The van der Waals surface area contributed by atoms with Crippen LogP contribution < -0.4 is 5.32 Å². The van der Waals surface area contributed by atoms with Gasteiger partial charge in [-0.05, 0) is 26.3 Å². The maximum absolute atomic E-state index is 5.05. The molecule has 1 saturated carbocycles. The first-order valence-corrected chi connectivity index (χ1v) is 6.19. The van der Waals surface area contributed by atoms with Crippen LogP contribution in [0.5, 0.6) is 0 Å². The van der Waals surface area contributed by atoms with Gasteiger partial charge in [0.15, 0.2) is 0 Å². The fourth-order valence-electron chi connectivity index (χ4n) is 1.86. The monoisotopic (exact) mass is 203 g/mol. The molecule has 1 aliphatic rings. The molecule has 3 heteroatoms. The molecular weight excluding hydrogens is 182 g/mol. The van der Waals surface area contributed by atoms with Crippen molar-refractivity contribution in [2.24, 2.45) is 0 Å². The molecule has 78 valence electrons. The van der Waals surface area contributed by atoms with Crippen molar-refractivity contribution in [1.29, 1.82) is 0 Å². The van der Waals surface area contributed by atoms with E-state index in [1.54, 1.807) is 7.11 Å². The van der Waals surface area contributed by atoms with E-state index in [4.69, 9.17) is 4.74 Å². The molecule has 0 radical (unpaired) electrons. The third kappa shape index (κ3) is 4.34. The molecule has 1 aliphatic carbocycles. The van der Waals surface area contributed by atoms with Crippen molar-refractivity contribution in [2.75, 3.05) is 26.5 Å². The summed E-state index contributed by atoms with van der Waals surface area (Å²) in [5.74, 6) is 1.15. The molecule has 0 bridgehead atoms. The van der Waals surface area contributed by atoms with Crippen molar-refractivity contribution in [2.45, 2.75) is 37.0 Å². The highest BCUT2D eigenvalue weighted by Crippen LogP contribution is 2.28. The highest BCUT2D eigenvalue weighted by Gasteiger charge is 2.20. The minimum absolute atomic E-state index is 0.758. The van der Waals surface area contributed by atoms with E-state index in [9.17, 15) is 0 Å². The predicted molar refractivity (Wildman–Crippen MR) is 59.4 cm³/mol. The molecule has 0 amide bonds. The van der Waals surface area contributed by atoms with E-state index < -0.39 is 0 Å². The lowest BCUT2D eigenvalue weighted by molar-refractivity contribution is 0.218. The Morgan fingerprint density at radius 1 is 1.46 bits per heavy atom. The Kier molecular flexibility index (Phi) is 5.83. The maximum atomic E-state index is 5.05. The van der Waals surface area contributed by atoms with Crippen molar-refractivity contribution in [3.63, 3.8) is 0 Å². The molecule has 0 aromatic rings. The Hall–Kier alpha value is 0.270. The number of hydrogen-bond donors (Lipinski definition) is 1. The van der Waals surface area contributed by atoms with Gasteiger partial charge in [0, 0.05) is 24.2 Å². The van der Waals surface area contributed by atoms with E-state index >= 15 is 0 Å². The van der Waals surface area contributed by atoms with Gasteiger partial charge in [-0.25, -0.2) is 0 Å². The maximum Gasteiger partial charge on any atom is 0.0553 e. The van der Waals surface area contributed by atoms with Gasteiger partial charge < -0.3 is 10.1 Å². The fraction of sp³-hybridized carbons (Fsp3) is 1.00. The molecule has 0 saturated heterocycles. The zero-order chi connectivity index (χ0) is 9.52. The van der Waals surface area contributed by atoms with Crippen LogP contribution in [0.4, 0.5) is 0 Å². The van der Waals surface area contributed by atoms with E-state index in [0.29, 0.717) is 0 Å². The van der Waals surface area contributed by atoms with E-state index in [0.717, 1.165) is 23.7 Å². The van der Waals surface area contributed by atoms with Crippen LogP contribution in [0.25, 0.3) is 0 Å². The van der Waals surface area contributed by atoms with E-state index in [1.165, 1.54) is 25.7 Å². The second kappa shape index (κ2) is 6.68. The molecule has 2 atom stereocenters. The van der Waals surface area contributed by atoms with Crippen molar-refractivity contribution < 1.29 is 4.74 Å². The van der Waals surface area contributed by atoms with Gasteiger partial charge in [-0.2, -0.15) is 11.8 Å². The Balaban J connectivity index is 2.11. The topological polar surface area (TPSA) is 21.3 Å². The highest BCUT2D eigenvalue weighted by molar-refractivity contribution is 7.99. The average Bonchev–Trinajstić information content (AvgIpc) is 2.19. The second-order valence-electron chi connectivity index (χ2n) is 3.64. The largest absolute Gasteiger partial charge is 0.384 e. The van der Waals surface area contributed by atoms with E-state index in [-0.39, 0.29) is 0 Å². The van der Waals surface area contributed by atoms with Crippen LogP contribution in [0.2, 0.25) is 0 Å². The summed E-state index contributed by atoms with van der Waals surface area (Å²) in [4.78, 5) is 0. The summed E-state index contributed by atoms with van der Waals surface area (Å²) in [6.45, 7) is 0.894. The average molecular weight is 203 g/mol. The van der Waals surface area contributed by atoms with Gasteiger partial charge in [-0.3, -0.25) is 0 Å². The zero-order valence-corrected chi connectivity index (χ0v) is 9.53. The van der Waals surface area contributed by atoms with Crippen molar-refractivity contribution in [3.05, 3.63) is 0 Å². The summed E-state index contributed by atoms with van der Waals surface area (Å²) in [6, 6.07) is 0.758. The number of nitrogens with one attached hydrogen (secondary N) is 1. The Morgan fingerprint density at radius 2 is 2.31 bits per heavy atom. The van der Waals surface area contributed by atoms with E-state index in [2.05, 4.69) is 24.1 Å². The highest BCUT2D eigenvalue weighted by atomic mass is 32.2. The van der Waals surface area contributed by atoms with Crippen molar-refractivity contribution in [3.8, 4) is 0 Å². The fourth-order valence-corrected chi connectivity index (χ4v) is 3.15. The smallest absolute Gasteiger partial charge is 0.0553 e. The van der Waals surface area contributed by atoms with Crippen LogP contribution in [-0.4, -0.2) is 37.8 Å². The molecule has 0 heterocycles. The predicted octanol–water partition coefficient (Wildman–Crippen LogP) is 1.90. The first kappa shape index (κ1) is 11.3. The molecule has 1 rings (SSSR count). The summed E-state index contributed by atoms with van der Waals surface area (Å²) >= 11 is 2.08. The van der Waals surface area contributed by atoms with Gasteiger partial charge in [0.1, 0.15) is 0 Å². The molecule has 2 nitrogen and oxygen atoms in total. The SMILES string of the molecule is CNC1CCCC(SCCOC)C1. The summed E-state index contributed by atoms with van der Waals surface area (Å²) in [5.41, 5.74) is 0. The summed E-state index contributed by atoms with van der Waals surface area (Å²) < 4.78 is 5.05. The number of rotatable bonds is 5. The van der Waals surface area contributed by atoms with Crippen LogP contribution in [0.1, 0.15) is 25.7 Å². The third-order valence-corrected chi connectivity index (χ3v) is 3.98. The number of thioether (sulfide) groups is 1. The van der Waals surface area contributed by atoms with Gasteiger partial charge >= 0.3 is 0 Å². The van der Waals surface area contributed by atoms with Crippen LogP contribution in [0, 0.1) is 0 Å². The quantitative estimate of drug-likeness (QED) is 0.690. The summed E-state index contributed by atoms with van der Waals surface area (Å²) in [5, 5.41) is 4.24. The van der Waals surface area contributed by atoms with E-state index in [1.807, 2.05) is 0 Å². The first-order chi connectivity index (χ1) is 6.36. The molecule has 13 heavy (non-hydrogen) atoms. The lowest BCUT2D eigenvalue weighted by atomic mass is 9.95. The normalized spacial score (nSPS) is 29.1. The summed E-state index contributed by atoms with van der Waals surface area (Å²) in [7, 11) is 3.85. The zero-order valence-electron chi connectivity index (χ0n) is 8.71. The molecule has 1 fully saturated rings. The van der Waals surface area contributed by atoms with Gasteiger partial charge in [0.25, 0.3) is 0 Å². The first-order valence-electron chi connectivity index (χ1n) is 5.14. The Bertz CT molecular complexity index is 132. The standard InChI is InChI=1S/C10H21NOS/c1-11-9-4-3-5-10(8-9)13-7-6-12-2/h9-11H,3-8H2,1-2H3. The lowest BCUT2D eigenvalue weighted by Gasteiger charge is -2.28. The van der Waals surface area contributed by atoms with Gasteiger partial charge in [-0.1, -0.05) is 6.42 Å². The second-order valence-corrected chi connectivity index (χ2v) is 5.05. The Labute approximate surface area is 85.8 Å². The van der Waals surface area contributed by atoms with Crippen LogP contribution in [-0.2, 0) is 4.74 Å². The summed E-state index contributed by atoms with van der Waals surface area (Å²) in [6.07, 6.45) is 5.48. The minimum atomic E-state index is 0.758. The molecule has 0 spiro atoms. The number of hydrogen-bond acceptors (Lipinski definition) is 3. The Morgan fingerprint density at radius 3 is 3.00 bits per heavy atom. The van der Waals surface area contributed by atoms with Crippen molar-refractivity contribution >= 4 is 11.8 Å². The lowest BCUT2D eigenvalue weighted by Crippen LogP contribution is -2.32. The van der Waals surface area contributed by atoms with Crippen LogP contribution >= 0.6 is 11.8 Å². The third-order valence-electron chi connectivity index (χ3n) is 2.68. The van der Waals surface area contributed by atoms with Gasteiger partial charge in [0.2, 0.25) is 0 Å². The number of ether oxygens (including phenoxy) is 1. The molecule has 1 N–H and O–H groups in total. The van der Waals surface area contributed by atoms with Crippen LogP contribution in [0.15, 0.2) is 0 Å². The molecule has 0 aliphatic heterocycles. The van der Waals surface area contributed by atoms with Gasteiger partial charge in [-0.15, -0.1) is 0 Å². The van der Waals surface area contributed by atoms with Crippen molar-refractivity contribution in [1.82, 2.24) is 5.32 Å². The van der Waals surface area contributed by atoms with Gasteiger partial charge in [0.05, 0.1) is 6.61 Å². The minimum Gasteiger partial charge on any atom is -0.384 e. The van der Waals surface area contributed by atoms with Crippen LogP contribution in [0.3, 0.4) is 0 Å². The molecule has 0 aromatic carbocycles. The molecule has 0 aromatic heterocycles.